The van der Waals surface area contributed by atoms with Crippen LogP contribution in [-0.4, -0.2) is 23.0 Å². The molecule has 0 aromatic rings. The van der Waals surface area contributed by atoms with Gasteiger partial charge in [0.15, 0.2) is 0 Å². The summed E-state index contributed by atoms with van der Waals surface area (Å²) < 4.78 is 34.1. The normalized spacial score (nSPS) is 7.25. The largest absolute Gasteiger partial charge is 3.00 e. The number of halogens is 1. The molecule has 0 atom stereocenters. The van der Waals surface area contributed by atoms with Gasteiger partial charge in [-0.15, -0.1) is 0 Å². The molecule has 1 radical (unpaired) electrons. The van der Waals surface area contributed by atoms with Gasteiger partial charge in [0.25, 0.3) is 0 Å². The van der Waals surface area contributed by atoms with Crippen LogP contribution in [0.25, 0.3) is 0 Å². The van der Waals surface area contributed by atoms with Gasteiger partial charge in [0.2, 0.25) is 0 Å². The van der Waals surface area contributed by atoms with Gasteiger partial charge in [-0.25, -0.2) is 0 Å². The van der Waals surface area contributed by atoms with Gasteiger partial charge in [0, 0.05) is 10.4 Å². The van der Waals surface area contributed by atoms with Crippen LogP contribution < -0.4 is 12.4 Å². The van der Waals surface area contributed by atoms with Crippen LogP contribution in [-0.2, 0) is 27.5 Å². The monoisotopic (exact) mass is 205 g/mol. The summed E-state index contributed by atoms with van der Waals surface area (Å²) in [6.45, 7) is 0. The van der Waals surface area contributed by atoms with Gasteiger partial charge >= 0.3 is 17.1 Å². The molecule has 0 bridgehead atoms. The summed E-state index contributed by atoms with van der Waals surface area (Å²) in [6, 6.07) is 0. The van der Waals surface area contributed by atoms with Crippen molar-refractivity contribution in [3.63, 3.8) is 0 Å². The molecule has 0 rings (SSSR count). The molecule has 0 aromatic carbocycles. The Balaban J connectivity index is -0.0000000267. The first-order valence-electron chi connectivity index (χ1n) is 0.667. The Labute approximate surface area is 63.2 Å². The van der Waals surface area contributed by atoms with Crippen molar-refractivity contribution < 1.29 is 52.5 Å². The first-order valence-corrected chi connectivity index (χ1v) is 2.00. The molecule has 5 nitrogen and oxygen atoms in total. The number of hydrogen-bond donors (Lipinski definition) is 0. The van der Waals surface area contributed by atoms with E-state index in [1.807, 2.05) is 0 Å². The van der Waals surface area contributed by atoms with Crippen molar-refractivity contribution in [2.75, 3.05) is 0 Å². The van der Waals surface area contributed by atoms with Crippen molar-refractivity contribution in [1.82, 2.24) is 0 Å². The maximum Gasteiger partial charge on any atom is 3.00 e. The molecule has 53 valence electrons. The number of hydrogen-bond acceptors (Lipinski definition) is 4. The Bertz CT molecular complexity index is 95.6. The van der Waals surface area contributed by atoms with Crippen LogP contribution in [0.4, 0.5) is 0 Å². The molecule has 0 unspecified atom stereocenters. The summed E-state index contributed by atoms with van der Waals surface area (Å²) in [6.07, 6.45) is 0. The molecule has 2 N–H and O–H groups in total. The van der Waals surface area contributed by atoms with Gasteiger partial charge in [-0.2, -0.15) is 0 Å². The molecule has 0 saturated heterocycles. The van der Waals surface area contributed by atoms with E-state index in [2.05, 4.69) is 0 Å². The van der Waals surface area contributed by atoms with E-state index in [9.17, 15) is 0 Å². The minimum atomic E-state index is -5.17. The van der Waals surface area contributed by atoms with Gasteiger partial charge in [-0.3, -0.25) is 8.42 Å². The van der Waals surface area contributed by atoms with E-state index in [0.717, 1.165) is 0 Å². The topological polar surface area (TPSA) is 112 Å². The molecule has 8 heteroatoms. The third-order valence-corrected chi connectivity index (χ3v) is 0. The van der Waals surface area contributed by atoms with E-state index in [4.69, 9.17) is 17.5 Å². The van der Waals surface area contributed by atoms with Crippen molar-refractivity contribution in [1.29, 1.82) is 0 Å². The molecule has 0 aliphatic carbocycles. The second-order valence-corrected chi connectivity index (χ2v) is 1.22. The molecule has 0 amide bonds. The van der Waals surface area contributed by atoms with Gasteiger partial charge in [-0.1, -0.05) is 0 Å². The Morgan fingerprint density at radius 3 is 1.12 bits per heavy atom. The average Bonchev–Trinajstić information content (AvgIpc) is 0.722. The zero-order valence-corrected chi connectivity index (χ0v) is 5.95. The number of rotatable bonds is 0. The first kappa shape index (κ1) is 23.4. The molecule has 0 aromatic heterocycles. The molecule has 0 heterocycles. The first-order chi connectivity index (χ1) is 2.00. The minimum absolute atomic E-state index is 0. The van der Waals surface area contributed by atoms with Crippen LogP contribution in [0.15, 0.2) is 0 Å². The second kappa shape index (κ2) is 7.64. The predicted molar refractivity (Wildman–Crippen MR) is 14.1 cm³/mol. The predicted octanol–water partition coefficient (Wildman–Crippen LogP) is -5.16. The quantitative estimate of drug-likeness (QED) is 0.223. The Morgan fingerprint density at radius 1 is 1.12 bits per heavy atom. The summed E-state index contributed by atoms with van der Waals surface area (Å²) in [7, 11) is -5.17. The van der Waals surface area contributed by atoms with Gasteiger partial charge in [0.1, 0.15) is 0 Å². The summed E-state index contributed by atoms with van der Waals surface area (Å²) >= 11 is 0. The van der Waals surface area contributed by atoms with E-state index < -0.39 is 10.4 Å². The van der Waals surface area contributed by atoms with Crippen LogP contribution in [0.5, 0.6) is 0 Å². The summed E-state index contributed by atoms with van der Waals surface area (Å²) in [5.74, 6) is 0. The zero-order valence-electron chi connectivity index (χ0n) is 3.27. The van der Waals surface area contributed by atoms with Crippen LogP contribution in [0.2, 0.25) is 0 Å². The van der Waals surface area contributed by atoms with Gasteiger partial charge < -0.3 is 27.0 Å². The van der Waals surface area contributed by atoms with Crippen molar-refractivity contribution in [3.05, 3.63) is 0 Å². The summed E-state index contributed by atoms with van der Waals surface area (Å²) in [5.41, 5.74) is 0. The van der Waals surface area contributed by atoms with Gasteiger partial charge in [-0.05, 0) is 0 Å². The zero-order chi connectivity index (χ0) is 4.50. The van der Waals surface area contributed by atoms with Crippen LogP contribution in [0, 0.1) is 0 Å². The Morgan fingerprint density at radius 2 is 1.12 bits per heavy atom. The summed E-state index contributed by atoms with van der Waals surface area (Å²) in [5, 5.41) is 0. The van der Waals surface area contributed by atoms with Crippen molar-refractivity contribution in [2.45, 2.75) is 0 Å². The molecular weight excluding hydrogens is 203 g/mol. The van der Waals surface area contributed by atoms with Crippen molar-refractivity contribution >= 4 is 10.4 Å². The van der Waals surface area contributed by atoms with Crippen LogP contribution >= 0.6 is 0 Å². The Kier molecular flexibility index (Phi) is 22.4. The van der Waals surface area contributed by atoms with Gasteiger partial charge in [0.05, 0.1) is 0 Å². The fourth-order valence-corrected chi connectivity index (χ4v) is 0. The molecule has 0 fully saturated rings. The van der Waals surface area contributed by atoms with Crippen LogP contribution in [0.3, 0.4) is 0 Å². The molecule has 8 heavy (non-hydrogen) atoms. The molecule has 0 spiro atoms. The van der Waals surface area contributed by atoms with Crippen molar-refractivity contribution in [2.24, 2.45) is 0 Å². The van der Waals surface area contributed by atoms with E-state index in [1.165, 1.54) is 0 Å². The molecule has 0 aliphatic rings. The summed E-state index contributed by atoms with van der Waals surface area (Å²) in [4.78, 5) is 0. The molecule has 0 saturated carbocycles. The third-order valence-electron chi connectivity index (χ3n) is 0. The molecular formula is H2ClFeO5S. The fourth-order valence-electron chi connectivity index (χ4n) is 0. The average molecular weight is 205 g/mol. The second-order valence-electron chi connectivity index (χ2n) is 0.408. The maximum atomic E-state index is 8.52. The smallest absolute Gasteiger partial charge is 1.00 e. The van der Waals surface area contributed by atoms with Crippen molar-refractivity contribution in [3.8, 4) is 0 Å². The standard InChI is InChI=1S/ClH.Fe.H2O4S.H2O/c;;1-5(2,3)4;/h1H;;(H2,1,2,3,4);1H2/q;+3;;/p-3. The molecule has 0 aliphatic heterocycles. The minimum Gasteiger partial charge on any atom is -1.00 e. The third kappa shape index (κ3) is 516. The fraction of sp³-hybridized carbons (Fsp3) is 0. The van der Waals surface area contributed by atoms with E-state index >= 15 is 0 Å². The van der Waals surface area contributed by atoms with E-state index in [-0.39, 0.29) is 35.0 Å². The maximum absolute atomic E-state index is 8.52. The van der Waals surface area contributed by atoms with Crippen LogP contribution in [0.1, 0.15) is 0 Å². The Hall–Kier alpha value is 0.639. The van der Waals surface area contributed by atoms with E-state index in [1.54, 1.807) is 0 Å². The van der Waals surface area contributed by atoms with E-state index in [0.29, 0.717) is 0 Å². The SMILES string of the molecule is O.O=S(=O)([O-])[O-].[Cl-].[Fe+3].